The van der Waals surface area contributed by atoms with Crippen molar-refractivity contribution in [3.8, 4) is 17.1 Å². The molecule has 4 aromatic rings. The Morgan fingerprint density at radius 1 is 1.14 bits per heavy atom. The number of nitrogens with zero attached hydrogens (tertiary/aromatic N) is 4. The zero-order valence-corrected chi connectivity index (χ0v) is 16.8. The van der Waals surface area contributed by atoms with Gasteiger partial charge in [0.15, 0.2) is 6.61 Å². The Bertz CT molecular complexity index is 1220. The molecule has 0 fully saturated rings. The van der Waals surface area contributed by atoms with E-state index in [4.69, 9.17) is 20.9 Å². The number of benzene rings is 2. The van der Waals surface area contributed by atoms with Gasteiger partial charge in [-0.2, -0.15) is 4.98 Å². The molecule has 2 aromatic carbocycles. The van der Waals surface area contributed by atoms with Crippen LogP contribution in [-0.4, -0.2) is 19.7 Å². The lowest BCUT2D eigenvalue weighted by atomic mass is 10.1. The van der Waals surface area contributed by atoms with Crippen LogP contribution >= 0.6 is 11.6 Å². The summed E-state index contributed by atoms with van der Waals surface area (Å²) in [5, 5.41) is 4.68. The smallest absolute Gasteiger partial charge is 0.272 e. The molecule has 2 heterocycles. The molecule has 0 saturated carbocycles. The van der Waals surface area contributed by atoms with Gasteiger partial charge in [-0.15, -0.1) is 0 Å². The third kappa shape index (κ3) is 4.00. The van der Waals surface area contributed by atoms with Crippen molar-refractivity contribution < 1.29 is 9.26 Å². The molecule has 148 valence electrons. The molecule has 0 radical (unpaired) electrons. The van der Waals surface area contributed by atoms with E-state index in [1.54, 1.807) is 35.8 Å². The van der Waals surface area contributed by atoms with Crippen molar-refractivity contribution in [2.24, 2.45) is 0 Å². The summed E-state index contributed by atoms with van der Waals surface area (Å²) in [5.74, 6) is 1.46. The molecule has 7 nitrogen and oxygen atoms in total. The molecule has 0 spiro atoms. The van der Waals surface area contributed by atoms with Gasteiger partial charge in [0.25, 0.3) is 11.4 Å². The molecule has 0 unspecified atom stereocenters. The summed E-state index contributed by atoms with van der Waals surface area (Å²) >= 11 is 5.87. The fraction of sp³-hybridized carbons (Fsp3) is 0.238. The first-order valence-electron chi connectivity index (χ1n) is 9.27. The lowest BCUT2D eigenvalue weighted by Crippen LogP contribution is -2.24. The maximum absolute atomic E-state index is 12.4. The summed E-state index contributed by atoms with van der Waals surface area (Å²) in [6.07, 6.45) is 0.863. The van der Waals surface area contributed by atoms with Crippen molar-refractivity contribution in [1.82, 2.24) is 19.7 Å². The fourth-order valence-corrected chi connectivity index (χ4v) is 3.19. The summed E-state index contributed by atoms with van der Waals surface area (Å²) < 4.78 is 12.7. The van der Waals surface area contributed by atoms with E-state index in [0.717, 1.165) is 23.0 Å². The minimum absolute atomic E-state index is 0.0618. The number of rotatable bonds is 6. The van der Waals surface area contributed by atoms with Gasteiger partial charge in [-0.05, 0) is 55.8 Å². The molecule has 0 aliphatic carbocycles. The zero-order chi connectivity index (χ0) is 20.4. The Morgan fingerprint density at radius 2 is 1.93 bits per heavy atom. The fourth-order valence-electron chi connectivity index (χ4n) is 3.07. The number of ether oxygens (including phenoxy) is 1. The molecule has 4 rings (SSSR count). The highest BCUT2D eigenvalue weighted by Crippen LogP contribution is 2.22. The average Bonchev–Trinajstić information content (AvgIpc) is 3.20. The number of halogens is 1. The third-order valence-electron chi connectivity index (χ3n) is 4.46. The SMILES string of the molecule is CCCn1c(=O)c(C)nc2cc(-c3noc(COc4ccc(Cl)cc4)n3)ccc21. The van der Waals surface area contributed by atoms with Crippen LogP contribution in [-0.2, 0) is 13.2 Å². The lowest BCUT2D eigenvalue weighted by Gasteiger charge is -2.10. The van der Waals surface area contributed by atoms with E-state index in [2.05, 4.69) is 15.1 Å². The second kappa shape index (κ2) is 8.05. The number of aryl methyl sites for hydroxylation is 2. The predicted molar refractivity (Wildman–Crippen MR) is 110 cm³/mol. The normalized spacial score (nSPS) is 11.1. The molecular formula is C21H19ClN4O3. The highest BCUT2D eigenvalue weighted by molar-refractivity contribution is 6.30. The maximum atomic E-state index is 12.4. The van der Waals surface area contributed by atoms with E-state index in [1.807, 2.05) is 25.1 Å². The Labute approximate surface area is 171 Å². The summed E-state index contributed by atoms with van der Waals surface area (Å²) in [6, 6.07) is 12.6. The number of hydrogen-bond donors (Lipinski definition) is 0. The molecule has 0 amide bonds. The van der Waals surface area contributed by atoms with E-state index in [0.29, 0.717) is 34.7 Å². The molecule has 0 bridgehead atoms. The highest BCUT2D eigenvalue weighted by atomic mass is 35.5. The van der Waals surface area contributed by atoms with E-state index in [-0.39, 0.29) is 12.2 Å². The molecule has 2 aromatic heterocycles. The van der Waals surface area contributed by atoms with Crippen LogP contribution in [0.4, 0.5) is 0 Å². The second-order valence-electron chi connectivity index (χ2n) is 6.61. The lowest BCUT2D eigenvalue weighted by molar-refractivity contribution is 0.243. The highest BCUT2D eigenvalue weighted by Gasteiger charge is 2.13. The number of fused-ring (bicyclic) bond motifs is 1. The van der Waals surface area contributed by atoms with Crippen molar-refractivity contribution >= 4 is 22.6 Å². The van der Waals surface area contributed by atoms with Crippen LogP contribution in [0.1, 0.15) is 24.9 Å². The molecule has 29 heavy (non-hydrogen) atoms. The van der Waals surface area contributed by atoms with Gasteiger partial charge in [0, 0.05) is 17.1 Å². The minimum Gasteiger partial charge on any atom is -0.484 e. The third-order valence-corrected chi connectivity index (χ3v) is 4.71. The summed E-state index contributed by atoms with van der Waals surface area (Å²) in [5.41, 5.74) is 2.67. The van der Waals surface area contributed by atoms with Crippen LogP contribution in [0.15, 0.2) is 51.8 Å². The van der Waals surface area contributed by atoms with Gasteiger partial charge in [0.05, 0.1) is 11.0 Å². The topological polar surface area (TPSA) is 83.0 Å². The monoisotopic (exact) mass is 410 g/mol. The molecule has 0 aliphatic heterocycles. The summed E-state index contributed by atoms with van der Waals surface area (Å²) in [4.78, 5) is 21.2. The standard InChI is InChI=1S/C21H19ClN4O3/c1-3-10-26-18-9-4-14(11-17(18)23-13(2)21(26)27)20-24-19(29-25-20)12-28-16-7-5-15(22)6-8-16/h4-9,11H,3,10,12H2,1-2H3. The molecule has 0 atom stereocenters. The maximum Gasteiger partial charge on any atom is 0.272 e. The molecule has 8 heteroatoms. The van der Waals surface area contributed by atoms with Gasteiger partial charge >= 0.3 is 0 Å². The Morgan fingerprint density at radius 3 is 2.69 bits per heavy atom. The quantitative estimate of drug-likeness (QED) is 0.468. The van der Waals surface area contributed by atoms with Gasteiger partial charge in [-0.25, -0.2) is 4.98 Å². The van der Waals surface area contributed by atoms with Gasteiger partial charge in [-0.1, -0.05) is 23.7 Å². The van der Waals surface area contributed by atoms with Crippen molar-refractivity contribution in [2.45, 2.75) is 33.4 Å². The Balaban J connectivity index is 1.59. The number of aromatic nitrogens is 4. The van der Waals surface area contributed by atoms with Crippen molar-refractivity contribution in [3.63, 3.8) is 0 Å². The first-order valence-corrected chi connectivity index (χ1v) is 9.65. The van der Waals surface area contributed by atoms with E-state index in [1.165, 1.54) is 0 Å². The van der Waals surface area contributed by atoms with Gasteiger partial charge < -0.3 is 13.8 Å². The first-order chi connectivity index (χ1) is 14.0. The zero-order valence-electron chi connectivity index (χ0n) is 16.1. The van der Waals surface area contributed by atoms with E-state index < -0.39 is 0 Å². The van der Waals surface area contributed by atoms with E-state index in [9.17, 15) is 4.79 Å². The van der Waals surface area contributed by atoms with Gasteiger partial charge in [0.1, 0.15) is 11.4 Å². The van der Waals surface area contributed by atoms with Crippen molar-refractivity contribution in [2.75, 3.05) is 0 Å². The van der Waals surface area contributed by atoms with Crippen LogP contribution in [0.5, 0.6) is 5.75 Å². The average molecular weight is 411 g/mol. The summed E-state index contributed by atoms with van der Waals surface area (Å²) in [7, 11) is 0. The molecular weight excluding hydrogens is 392 g/mol. The summed E-state index contributed by atoms with van der Waals surface area (Å²) in [6.45, 7) is 4.55. The second-order valence-corrected chi connectivity index (χ2v) is 7.05. The minimum atomic E-state index is -0.0618. The Kier molecular flexibility index (Phi) is 5.31. The van der Waals surface area contributed by atoms with Crippen LogP contribution in [0.3, 0.4) is 0 Å². The van der Waals surface area contributed by atoms with Gasteiger partial charge in [0.2, 0.25) is 5.82 Å². The van der Waals surface area contributed by atoms with Crippen LogP contribution in [0.25, 0.3) is 22.4 Å². The molecule has 0 aliphatic rings. The number of hydrogen-bond acceptors (Lipinski definition) is 6. The van der Waals surface area contributed by atoms with Crippen molar-refractivity contribution in [3.05, 3.63) is 69.4 Å². The van der Waals surface area contributed by atoms with Gasteiger partial charge in [-0.3, -0.25) is 4.79 Å². The Hall–Kier alpha value is -3.19. The van der Waals surface area contributed by atoms with Crippen LogP contribution < -0.4 is 10.3 Å². The largest absolute Gasteiger partial charge is 0.484 e. The predicted octanol–water partition coefficient (Wildman–Crippen LogP) is 4.40. The van der Waals surface area contributed by atoms with Crippen molar-refractivity contribution in [1.29, 1.82) is 0 Å². The first kappa shape index (κ1) is 19.1. The van der Waals surface area contributed by atoms with E-state index >= 15 is 0 Å². The van der Waals surface area contributed by atoms with Crippen LogP contribution in [0, 0.1) is 6.92 Å². The molecule has 0 N–H and O–H groups in total. The van der Waals surface area contributed by atoms with Crippen LogP contribution in [0.2, 0.25) is 5.02 Å². The molecule has 0 saturated heterocycles.